The SMILES string of the molecule is O=C(COc1ccc(-c2ccc(F)cc2)nc1)Nc1ccc(F)cc1.O=C(O)C(F)(F)F. The molecular formula is C21H15F5N2O4. The van der Waals surface area contributed by atoms with Crippen LogP contribution in [0.15, 0.2) is 66.9 Å². The molecule has 0 saturated heterocycles. The first-order chi connectivity index (χ1) is 15.0. The Kier molecular flexibility index (Phi) is 8.22. The van der Waals surface area contributed by atoms with Crippen LogP contribution >= 0.6 is 0 Å². The van der Waals surface area contributed by atoms with E-state index in [0.29, 0.717) is 17.1 Å². The fourth-order valence-corrected chi connectivity index (χ4v) is 2.14. The zero-order valence-electron chi connectivity index (χ0n) is 16.1. The van der Waals surface area contributed by atoms with Gasteiger partial charge in [-0.05, 0) is 60.7 Å². The van der Waals surface area contributed by atoms with Crippen molar-refractivity contribution in [2.24, 2.45) is 0 Å². The van der Waals surface area contributed by atoms with Crippen LogP contribution in [0.4, 0.5) is 27.6 Å². The van der Waals surface area contributed by atoms with Gasteiger partial charge in [-0.2, -0.15) is 13.2 Å². The van der Waals surface area contributed by atoms with Gasteiger partial charge in [0.2, 0.25) is 0 Å². The van der Waals surface area contributed by atoms with Crippen molar-refractivity contribution in [3.63, 3.8) is 0 Å². The van der Waals surface area contributed by atoms with Gasteiger partial charge < -0.3 is 15.2 Å². The zero-order chi connectivity index (χ0) is 23.7. The van der Waals surface area contributed by atoms with Crippen molar-refractivity contribution < 1.29 is 41.4 Å². The number of hydrogen-bond acceptors (Lipinski definition) is 4. The lowest BCUT2D eigenvalue weighted by Crippen LogP contribution is -2.21. The van der Waals surface area contributed by atoms with Gasteiger partial charge in [0.25, 0.3) is 5.91 Å². The number of pyridine rings is 1. The molecule has 2 N–H and O–H groups in total. The number of nitrogens with zero attached hydrogens (tertiary/aromatic N) is 1. The molecule has 0 bridgehead atoms. The Hall–Kier alpha value is -4.02. The number of amides is 1. The fourth-order valence-electron chi connectivity index (χ4n) is 2.14. The summed E-state index contributed by atoms with van der Waals surface area (Å²) >= 11 is 0. The summed E-state index contributed by atoms with van der Waals surface area (Å²) in [6.07, 6.45) is -3.59. The van der Waals surface area contributed by atoms with Crippen LogP contribution in [-0.4, -0.2) is 34.8 Å². The van der Waals surface area contributed by atoms with Crippen LogP contribution in [0.2, 0.25) is 0 Å². The van der Waals surface area contributed by atoms with Gasteiger partial charge in [-0.25, -0.2) is 13.6 Å². The summed E-state index contributed by atoms with van der Waals surface area (Å²) in [6, 6.07) is 14.8. The Bertz CT molecular complexity index is 1040. The Labute approximate surface area is 178 Å². The summed E-state index contributed by atoms with van der Waals surface area (Å²) in [5.41, 5.74) is 1.94. The minimum atomic E-state index is -5.08. The van der Waals surface area contributed by atoms with E-state index in [1.54, 1.807) is 24.3 Å². The van der Waals surface area contributed by atoms with E-state index < -0.39 is 12.1 Å². The zero-order valence-corrected chi connectivity index (χ0v) is 16.1. The van der Waals surface area contributed by atoms with Gasteiger partial charge in [0.1, 0.15) is 17.4 Å². The summed E-state index contributed by atoms with van der Waals surface area (Å²) in [6.45, 7) is -0.199. The molecule has 0 atom stereocenters. The fraction of sp³-hybridized carbons (Fsp3) is 0.0952. The first-order valence-electron chi connectivity index (χ1n) is 8.75. The molecule has 1 aromatic heterocycles. The molecule has 1 amide bonds. The first kappa shape index (κ1) is 24.3. The highest BCUT2D eigenvalue weighted by atomic mass is 19.4. The molecule has 0 fully saturated rings. The molecule has 32 heavy (non-hydrogen) atoms. The molecular weight excluding hydrogens is 439 g/mol. The number of halogens is 5. The summed E-state index contributed by atoms with van der Waals surface area (Å²) in [7, 11) is 0. The molecule has 3 aromatic rings. The number of ether oxygens (including phenoxy) is 1. The van der Waals surface area contributed by atoms with E-state index in [1.807, 2.05) is 0 Å². The van der Waals surface area contributed by atoms with Crippen molar-refractivity contribution in [2.45, 2.75) is 6.18 Å². The minimum absolute atomic E-state index is 0.199. The average Bonchev–Trinajstić information content (AvgIpc) is 2.75. The maximum absolute atomic E-state index is 12.9. The Balaban J connectivity index is 0.000000451. The van der Waals surface area contributed by atoms with E-state index in [1.165, 1.54) is 42.6 Å². The number of carboxylic acid groups (broad SMARTS) is 1. The maximum Gasteiger partial charge on any atom is 0.490 e. The summed E-state index contributed by atoms with van der Waals surface area (Å²) in [5.74, 6) is -3.38. The summed E-state index contributed by atoms with van der Waals surface area (Å²) in [4.78, 5) is 24.9. The van der Waals surface area contributed by atoms with Crippen LogP contribution in [0.5, 0.6) is 5.75 Å². The van der Waals surface area contributed by atoms with Gasteiger partial charge in [0.05, 0.1) is 11.9 Å². The lowest BCUT2D eigenvalue weighted by molar-refractivity contribution is -0.192. The standard InChI is InChI=1S/C19H14F2N2O2.C2HF3O2/c20-14-3-1-13(2-4-14)18-10-9-17(11-22-18)25-12-19(24)23-16-7-5-15(21)6-8-16;3-2(4,5)1(6)7/h1-11H,12H2,(H,23,24);(H,6,7). The predicted molar refractivity (Wildman–Crippen MR) is 104 cm³/mol. The van der Waals surface area contributed by atoms with Crippen molar-refractivity contribution in [3.8, 4) is 17.0 Å². The molecule has 6 nitrogen and oxygen atoms in total. The van der Waals surface area contributed by atoms with Crippen LogP contribution in [-0.2, 0) is 9.59 Å². The van der Waals surface area contributed by atoms with E-state index in [9.17, 15) is 26.7 Å². The molecule has 0 unspecified atom stereocenters. The Morgan fingerprint density at radius 2 is 1.44 bits per heavy atom. The number of nitrogens with one attached hydrogen (secondary N) is 1. The highest BCUT2D eigenvalue weighted by Crippen LogP contribution is 2.20. The van der Waals surface area contributed by atoms with Crippen molar-refractivity contribution >= 4 is 17.6 Å². The molecule has 11 heteroatoms. The number of hydrogen-bond donors (Lipinski definition) is 2. The number of carbonyl (C=O) groups excluding carboxylic acids is 1. The minimum Gasteiger partial charge on any atom is -0.482 e. The second-order valence-corrected chi connectivity index (χ2v) is 6.03. The molecule has 0 aliphatic rings. The van der Waals surface area contributed by atoms with Crippen LogP contribution in [0.25, 0.3) is 11.3 Å². The lowest BCUT2D eigenvalue weighted by atomic mass is 10.1. The third kappa shape index (κ3) is 8.01. The molecule has 2 aromatic carbocycles. The predicted octanol–water partition coefficient (Wildman–Crippen LogP) is 4.68. The molecule has 0 radical (unpaired) electrons. The Morgan fingerprint density at radius 3 is 1.91 bits per heavy atom. The second kappa shape index (κ2) is 10.8. The highest BCUT2D eigenvalue weighted by molar-refractivity contribution is 5.91. The normalized spacial score (nSPS) is 10.5. The highest BCUT2D eigenvalue weighted by Gasteiger charge is 2.38. The number of alkyl halides is 3. The number of rotatable bonds is 5. The molecule has 0 aliphatic heterocycles. The van der Waals surface area contributed by atoms with Gasteiger partial charge in [-0.3, -0.25) is 9.78 Å². The number of aromatic nitrogens is 1. The topological polar surface area (TPSA) is 88.5 Å². The third-order valence-corrected chi connectivity index (χ3v) is 3.62. The molecule has 1 heterocycles. The monoisotopic (exact) mass is 454 g/mol. The van der Waals surface area contributed by atoms with E-state index in [-0.39, 0.29) is 24.1 Å². The van der Waals surface area contributed by atoms with Gasteiger partial charge in [-0.15, -0.1) is 0 Å². The quantitative estimate of drug-likeness (QED) is 0.547. The first-order valence-corrected chi connectivity index (χ1v) is 8.75. The van der Waals surface area contributed by atoms with Gasteiger partial charge >= 0.3 is 12.1 Å². The number of benzene rings is 2. The molecule has 3 rings (SSSR count). The average molecular weight is 454 g/mol. The molecule has 0 spiro atoms. The smallest absolute Gasteiger partial charge is 0.482 e. The number of carboxylic acids is 1. The molecule has 168 valence electrons. The van der Waals surface area contributed by atoms with Crippen LogP contribution < -0.4 is 10.1 Å². The largest absolute Gasteiger partial charge is 0.490 e. The molecule has 0 aliphatic carbocycles. The lowest BCUT2D eigenvalue weighted by Gasteiger charge is -2.08. The van der Waals surface area contributed by atoms with Gasteiger partial charge in [-0.1, -0.05) is 0 Å². The van der Waals surface area contributed by atoms with Crippen molar-refractivity contribution in [2.75, 3.05) is 11.9 Å². The van der Waals surface area contributed by atoms with E-state index in [0.717, 1.165) is 5.56 Å². The van der Waals surface area contributed by atoms with E-state index in [4.69, 9.17) is 14.6 Å². The van der Waals surface area contributed by atoms with Crippen molar-refractivity contribution in [3.05, 3.63) is 78.5 Å². The van der Waals surface area contributed by atoms with Gasteiger partial charge in [0, 0.05) is 11.3 Å². The van der Waals surface area contributed by atoms with Gasteiger partial charge in [0.15, 0.2) is 6.61 Å². The number of carbonyl (C=O) groups is 2. The van der Waals surface area contributed by atoms with E-state index >= 15 is 0 Å². The maximum atomic E-state index is 12.9. The second-order valence-electron chi connectivity index (χ2n) is 6.03. The Morgan fingerprint density at radius 1 is 0.906 bits per heavy atom. The van der Waals surface area contributed by atoms with Crippen LogP contribution in [0, 0.1) is 11.6 Å². The third-order valence-electron chi connectivity index (χ3n) is 3.62. The van der Waals surface area contributed by atoms with Crippen molar-refractivity contribution in [1.29, 1.82) is 0 Å². The van der Waals surface area contributed by atoms with Crippen LogP contribution in [0.3, 0.4) is 0 Å². The summed E-state index contributed by atoms with van der Waals surface area (Å²) in [5, 5.41) is 9.72. The summed E-state index contributed by atoms with van der Waals surface area (Å²) < 4.78 is 62.8. The van der Waals surface area contributed by atoms with Crippen LogP contribution in [0.1, 0.15) is 0 Å². The number of anilines is 1. The van der Waals surface area contributed by atoms with Crippen molar-refractivity contribution in [1.82, 2.24) is 4.98 Å². The van der Waals surface area contributed by atoms with E-state index in [2.05, 4.69) is 10.3 Å². The number of aliphatic carboxylic acids is 1. The molecule has 0 saturated carbocycles.